The average Bonchev–Trinajstić information content (AvgIpc) is 3.38. The Bertz CT molecular complexity index is 1210. The van der Waals surface area contributed by atoms with Crippen LogP contribution in [0.1, 0.15) is 21.6 Å². The molecule has 3 heterocycles. The summed E-state index contributed by atoms with van der Waals surface area (Å²) < 4.78 is 9.42. The van der Waals surface area contributed by atoms with Crippen LogP contribution >= 0.6 is 0 Å². The molecule has 5 rings (SSSR count). The molecule has 2 aromatic heterocycles. The van der Waals surface area contributed by atoms with Crippen molar-refractivity contribution >= 4 is 22.5 Å². The van der Waals surface area contributed by atoms with E-state index in [1.807, 2.05) is 73.6 Å². The van der Waals surface area contributed by atoms with Crippen molar-refractivity contribution in [3.05, 3.63) is 71.7 Å². The minimum atomic E-state index is 0.00881. The quantitative estimate of drug-likeness (QED) is 0.552. The van der Waals surface area contributed by atoms with Crippen LogP contribution in [0.15, 0.2) is 54.9 Å². The van der Waals surface area contributed by atoms with Crippen molar-refractivity contribution in [3.8, 4) is 5.75 Å². The number of hydrogen-bond acceptors (Lipinski definition) is 4. The second kappa shape index (κ2) is 6.23. The number of carbonyl (C=O) groups is 1. The van der Waals surface area contributed by atoms with Crippen molar-refractivity contribution < 1.29 is 9.53 Å². The Morgan fingerprint density at radius 3 is 2.82 bits per heavy atom. The summed E-state index contributed by atoms with van der Waals surface area (Å²) in [5, 5.41) is 9.60. The third-order valence-electron chi connectivity index (χ3n) is 5.08. The van der Waals surface area contributed by atoms with E-state index < -0.39 is 0 Å². The zero-order valence-corrected chi connectivity index (χ0v) is 15.7. The number of fused-ring (bicyclic) bond motifs is 2. The van der Waals surface area contributed by atoms with Gasteiger partial charge in [-0.1, -0.05) is 0 Å². The van der Waals surface area contributed by atoms with Crippen molar-refractivity contribution in [2.45, 2.75) is 13.2 Å². The van der Waals surface area contributed by atoms with Crippen LogP contribution in [0.5, 0.6) is 5.75 Å². The molecule has 4 aromatic rings. The van der Waals surface area contributed by atoms with Crippen LogP contribution in [0.2, 0.25) is 0 Å². The zero-order valence-electron chi connectivity index (χ0n) is 15.7. The van der Waals surface area contributed by atoms with E-state index in [9.17, 15) is 4.79 Å². The number of aromatic nitrogens is 4. The molecular weight excluding hydrogens is 354 g/mol. The number of aryl methyl sites for hydroxylation is 2. The van der Waals surface area contributed by atoms with Gasteiger partial charge in [0.1, 0.15) is 12.4 Å². The number of nitrogens with zero attached hydrogens (tertiary/aromatic N) is 5. The van der Waals surface area contributed by atoms with E-state index in [1.54, 1.807) is 9.58 Å². The number of ether oxygens (including phenoxy) is 1. The maximum atomic E-state index is 12.9. The van der Waals surface area contributed by atoms with Crippen molar-refractivity contribution in [2.75, 3.05) is 4.90 Å². The Balaban J connectivity index is 1.38. The van der Waals surface area contributed by atoms with Gasteiger partial charge in [0.05, 0.1) is 24.0 Å². The van der Waals surface area contributed by atoms with Crippen molar-refractivity contribution in [3.63, 3.8) is 0 Å². The van der Waals surface area contributed by atoms with Gasteiger partial charge < -0.3 is 9.64 Å². The van der Waals surface area contributed by atoms with Crippen molar-refractivity contribution in [1.29, 1.82) is 0 Å². The molecule has 1 aliphatic rings. The van der Waals surface area contributed by atoms with Gasteiger partial charge in [0.2, 0.25) is 0 Å². The highest BCUT2D eigenvalue weighted by Crippen LogP contribution is 2.32. The van der Waals surface area contributed by atoms with E-state index in [0.29, 0.717) is 13.2 Å². The molecule has 0 radical (unpaired) electrons. The van der Waals surface area contributed by atoms with E-state index in [0.717, 1.165) is 39.2 Å². The van der Waals surface area contributed by atoms with Crippen LogP contribution in [0.4, 0.5) is 5.69 Å². The Morgan fingerprint density at radius 2 is 2.00 bits per heavy atom. The largest absolute Gasteiger partial charge is 0.487 e. The van der Waals surface area contributed by atoms with Gasteiger partial charge >= 0.3 is 0 Å². The van der Waals surface area contributed by atoms with Crippen LogP contribution in [-0.4, -0.2) is 25.5 Å². The first-order chi connectivity index (χ1) is 13.6. The first-order valence-electron chi connectivity index (χ1n) is 9.06. The monoisotopic (exact) mass is 373 g/mol. The summed E-state index contributed by atoms with van der Waals surface area (Å²) in [6.07, 6.45) is 3.70. The Morgan fingerprint density at radius 1 is 1.11 bits per heavy atom. The third-order valence-corrected chi connectivity index (χ3v) is 5.08. The molecule has 0 spiro atoms. The van der Waals surface area contributed by atoms with Gasteiger partial charge in [-0.25, -0.2) is 0 Å². The molecule has 0 atom stereocenters. The van der Waals surface area contributed by atoms with E-state index >= 15 is 0 Å². The molecule has 0 fully saturated rings. The second-order valence-corrected chi connectivity index (χ2v) is 6.99. The topological polar surface area (TPSA) is 65.2 Å². The maximum Gasteiger partial charge on any atom is 0.258 e. The maximum absolute atomic E-state index is 12.9. The summed E-state index contributed by atoms with van der Waals surface area (Å²) >= 11 is 0. The predicted molar refractivity (Wildman–Crippen MR) is 105 cm³/mol. The molecule has 2 aromatic carbocycles. The number of amides is 1. The number of benzene rings is 2. The summed E-state index contributed by atoms with van der Waals surface area (Å²) in [5.41, 5.74) is 4.47. The van der Waals surface area contributed by atoms with Gasteiger partial charge in [0.25, 0.3) is 5.91 Å². The molecule has 0 saturated carbocycles. The van der Waals surface area contributed by atoms with E-state index in [-0.39, 0.29) is 5.91 Å². The number of rotatable bonds is 4. The molecule has 1 aliphatic heterocycles. The molecule has 28 heavy (non-hydrogen) atoms. The van der Waals surface area contributed by atoms with Gasteiger partial charge in [-0.3, -0.25) is 14.2 Å². The lowest BCUT2D eigenvalue weighted by Gasteiger charge is -2.15. The van der Waals surface area contributed by atoms with Gasteiger partial charge in [-0.2, -0.15) is 10.2 Å². The van der Waals surface area contributed by atoms with Crippen LogP contribution in [0.25, 0.3) is 10.9 Å². The Labute approximate surface area is 161 Å². The van der Waals surface area contributed by atoms with Gasteiger partial charge in [-0.05, 0) is 48.0 Å². The minimum Gasteiger partial charge on any atom is -0.487 e. The lowest BCUT2D eigenvalue weighted by atomic mass is 10.1. The average molecular weight is 373 g/mol. The molecule has 7 nitrogen and oxygen atoms in total. The minimum absolute atomic E-state index is 0.00881. The summed E-state index contributed by atoms with van der Waals surface area (Å²) in [4.78, 5) is 14.7. The molecule has 7 heteroatoms. The Hall–Kier alpha value is -3.61. The van der Waals surface area contributed by atoms with E-state index in [1.165, 1.54) is 0 Å². The number of carbonyl (C=O) groups excluding carboxylic acids is 1. The highest BCUT2D eigenvalue weighted by atomic mass is 16.5. The van der Waals surface area contributed by atoms with Gasteiger partial charge in [0, 0.05) is 36.9 Å². The number of hydrogen-bond donors (Lipinski definition) is 0. The van der Waals surface area contributed by atoms with Crippen LogP contribution in [0, 0.1) is 0 Å². The first kappa shape index (κ1) is 16.6. The molecule has 0 saturated heterocycles. The van der Waals surface area contributed by atoms with E-state index in [4.69, 9.17) is 4.74 Å². The molecule has 140 valence electrons. The Kier molecular flexibility index (Phi) is 3.68. The molecular formula is C21H19N5O2. The normalized spacial score (nSPS) is 13.4. The van der Waals surface area contributed by atoms with Gasteiger partial charge in [-0.15, -0.1) is 0 Å². The molecule has 1 amide bonds. The second-order valence-electron chi connectivity index (χ2n) is 6.99. The predicted octanol–water partition coefficient (Wildman–Crippen LogP) is 3.05. The molecule has 0 bridgehead atoms. The molecule has 0 unspecified atom stereocenters. The highest BCUT2D eigenvalue weighted by Gasteiger charge is 2.29. The molecule has 0 aliphatic carbocycles. The van der Waals surface area contributed by atoms with Crippen LogP contribution in [0.3, 0.4) is 0 Å². The van der Waals surface area contributed by atoms with Crippen molar-refractivity contribution in [2.24, 2.45) is 14.1 Å². The highest BCUT2D eigenvalue weighted by molar-refractivity contribution is 6.10. The lowest BCUT2D eigenvalue weighted by molar-refractivity contribution is 0.0996. The fourth-order valence-electron chi connectivity index (χ4n) is 3.61. The zero-order chi connectivity index (χ0) is 19.3. The van der Waals surface area contributed by atoms with Crippen LogP contribution < -0.4 is 9.64 Å². The third kappa shape index (κ3) is 2.72. The summed E-state index contributed by atoms with van der Waals surface area (Å²) in [5.74, 6) is 0.747. The SMILES string of the molecule is Cn1ccc(COc2ccc3c(c2)CN(c2ccc4c(cnn4C)c2)C3=O)n1. The summed E-state index contributed by atoms with van der Waals surface area (Å²) in [6, 6.07) is 13.5. The smallest absolute Gasteiger partial charge is 0.258 e. The fourth-order valence-corrected chi connectivity index (χ4v) is 3.61. The fraction of sp³-hybridized carbons (Fsp3) is 0.190. The lowest BCUT2D eigenvalue weighted by Crippen LogP contribution is -2.22. The first-order valence-corrected chi connectivity index (χ1v) is 9.06. The standard InChI is InChI=1S/C21H19N5O2/c1-24-8-7-16(23-24)13-28-18-4-5-19-15(10-18)12-26(21(19)27)17-3-6-20-14(9-17)11-22-25(20)2/h3-11H,12-13H2,1-2H3. The van der Waals surface area contributed by atoms with E-state index in [2.05, 4.69) is 10.2 Å². The molecule has 0 N–H and O–H groups in total. The van der Waals surface area contributed by atoms with Crippen LogP contribution in [-0.2, 0) is 27.2 Å². The summed E-state index contributed by atoms with van der Waals surface area (Å²) in [6.45, 7) is 0.926. The van der Waals surface area contributed by atoms with Gasteiger partial charge in [0.15, 0.2) is 0 Å². The number of anilines is 1. The summed E-state index contributed by atoms with van der Waals surface area (Å²) in [7, 11) is 3.79. The van der Waals surface area contributed by atoms with Crippen molar-refractivity contribution in [1.82, 2.24) is 19.6 Å².